The van der Waals surface area contributed by atoms with Gasteiger partial charge in [0, 0.05) is 5.56 Å². The van der Waals surface area contributed by atoms with Crippen molar-refractivity contribution < 1.29 is 41.8 Å². The molecule has 34 heavy (non-hydrogen) atoms. The number of pyridine rings is 1. The van der Waals surface area contributed by atoms with Gasteiger partial charge in [-0.2, -0.15) is 17.6 Å². The minimum absolute atomic E-state index is 0.0626. The number of carbonyl (C=O) groups excluding carboxylic acids is 2. The SMILES string of the molecule is O=C(NC1(CO)CCCCC1)c1[nH]c(-c2ccc(F)cc2)c2cccc[n+]12.O=C([O-])C(F)(F)F. The summed E-state index contributed by atoms with van der Waals surface area (Å²) in [5.74, 6) is -3.17. The van der Waals surface area contributed by atoms with Gasteiger partial charge in [0.15, 0.2) is 11.2 Å². The van der Waals surface area contributed by atoms with Gasteiger partial charge in [-0.3, -0.25) is 4.79 Å². The Morgan fingerprint density at radius 2 is 1.71 bits per heavy atom. The summed E-state index contributed by atoms with van der Waals surface area (Å²) >= 11 is 0. The number of alkyl halides is 3. The van der Waals surface area contributed by atoms with Gasteiger partial charge in [-0.25, -0.2) is 9.37 Å². The minimum Gasteiger partial charge on any atom is -0.542 e. The number of aromatic amines is 1. The molecule has 3 aromatic rings. The van der Waals surface area contributed by atoms with E-state index in [1.165, 1.54) is 12.1 Å². The number of carbonyl (C=O) groups is 2. The molecule has 0 atom stereocenters. The summed E-state index contributed by atoms with van der Waals surface area (Å²) in [6.07, 6.45) is 1.32. The van der Waals surface area contributed by atoms with Gasteiger partial charge in [-0.05, 0) is 49.2 Å². The second-order valence-electron chi connectivity index (χ2n) is 8.05. The monoisotopic (exact) mass is 481 g/mol. The van der Waals surface area contributed by atoms with E-state index in [-0.39, 0.29) is 18.3 Å². The molecule has 11 heteroatoms. The number of amides is 1. The van der Waals surface area contributed by atoms with Gasteiger partial charge in [0.25, 0.3) is 0 Å². The largest absolute Gasteiger partial charge is 0.542 e. The van der Waals surface area contributed by atoms with Crippen molar-refractivity contribution in [2.24, 2.45) is 0 Å². The molecule has 1 amide bonds. The number of halogens is 4. The predicted octanol–water partition coefficient (Wildman–Crippen LogP) is 2.28. The van der Waals surface area contributed by atoms with Crippen LogP contribution in [0, 0.1) is 5.82 Å². The topological polar surface area (TPSA) is 109 Å². The van der Waals surface area contributed by atoms with Crippen molar-refractivity contribution in [2.45, 2.75) is 43.8 Å². The van der Waals surface area contributed by atoms with Crippen LogP contribution in [0.1, 0.15) is 42.7 Å². The maximum atomic E-state index is 13.3. The summed E-state index contributed by atoms with van der Waals surface area (Å²) < 4.78 is 46.6. The van der Waals surface area contributed by atoms with Crippen molar-refractivity contribution >= 4 is 17.4 Å². The van der Waals surface area contributed by atoms with E-state index >= 15 is 0 Å². The number of aliphatic hydroxyl groups excluding tert-OH is 1. The van der Waals surface area contributed by atoms with Crippen molar-refractivity contribution in [2.75, 3.05) is 6.61 Å². The molecule has 0 bridgehead atoms. The van der Waals surface area contributed by atoms with Crippen molar-refractivity contribution in [3.63, 3.8) is 0 Å². The molecule has 2 heterocycles. The fourth-order valence-electron chi connectivity index (χ4n) is 3.94. The Balaban J connectivity index is 0.000000406. The molecule has 1 aromatic carbocycles. The molecule has 0 aliphatic heterocycles. The molecule has 7 nitrogen and oxygen atoms in total. The van der Waals surface area contributed by atoms with Crippen LogP contribution < -0.4 is 14.8 Å². The zero-order valence-corrected chi connectivity index (χ0v) is 18.0. The number of H-pyrrole nitrogens is 1. The lowest BCUT2D eigenvalue weighted by Gasteiger charge is -2.35. The first-order valence-electron chi connectivity index (χ1n) is 10.6. The first-order chi connectivity index (χ1) is 16.1. The third-order valence-corrected chi connectivity index (χ3v) is 5.67. The Labute approximate surface area is 192 Å². The summed E-state index contributed by atoms with van der Waals surface area (Å²) in [5, 5.41) is 21.7. The average Bonchev–Trinajstić information content (AvgIpc) is 3.20. The number of aliphatic carboxylic acids is 1. The van der Waals surface area contributed by atoms with Crippen molar-refractivity contribution in [3.8, 4) is 11.3 Å². The molecule has 1 aliphatic carbocycles. The van der Waals surface area contributed by atoms with Crippen molar-refractivity contribution in [1.29, 1.82) is 0 Å². The van der Waals surface area contributed by atoms with Crippen LogP contribution in [-0.4, -0.2) is 40.3 Å². The van der Waals surface area contributed by atoms with Crippen molar-refractivity contribution in [3.05, 3.63) is 60.3 Å². The molecule has 4 rings (SSSR count). The number of rotatable bonds is 4. The quantitative estimate of drug-likeness (QED) is 0.392. The lowest BCUT2D eigenvalue weighted by molar-refractivity contribution is -0.514. The van der Waals surface area contributed by atoms with Gasteiger partial charge in [-0.1, -0.05) is 25.3 Å². The average molecular weight is 481 g/mol. The molecule has 0 spiro atoms. The third kappa shape index (κ3) is 5.71. The van der Waals surface area contributed by atoms with Gasteiger partial charge in [-0.15, -0.1) is 0 Å². The number of hydrogen-bond acceptors (Lipinski definition) is 4. The normalized spacial score (nSPS) is 15.3. The Hall–Kier alpha value is -3.47. The maximum absolute atomic E-state index is 13.3. The van der Waals surface area contributed by atoms with Crippen LogP contribution in [0.3, 0.4) is 0 Å². The highest BCUT2D eigenvalue weighted by Crippen LogP contribution is 2.28. The van der Waals surface area contributed by atoms with E-state index in [9.17, 15) is 27.5 Å². The summed E-state index contributed by atoms with van der Waals surface area (Å²) in [6.45, 7) is -0.0626. The van der Waals surface area contributed by atoms with Gasteiger partial charge in [0.1, 0.15) is 11.8 Å². The van der Waals surface area contributed by atoms with Crippen LogP contribution >= 0.6 is 0 Å². The Morgan fingerprint density at radius 1 is 1.09 bits per heavy atom. The van der Waals surface area contributed by atoms with E-state index in [0.29, 0.717) is 5.82 Å². The van der Waals surface area contributed by atoms with Gasteiger partial charge < -0.3 is 20.3 Å². The van der Waals surface area contributed by atoms with Gasteiger partial charge >= 0.3 is 17.9 Å². The smallest absolute Gasteiger partial charge is 0.430 e. The minimum atomic E-state index is -5.19. The molecule has 0 unspecified atom stereocenters. The van der Waals surface area contributed by atoms with Crippen molar-refractivity contribution in [1.82, 2.24) is 10.3 Å². The highest BCUT2D eigenvalue weighted by atomic mass is 19.4. The third-order valence-electron chi connectivity index (χ3n) is 5.67. The predicted molar refractivity (Wildman–Crippen MR) is 111 cm³/mol. The van der Waals surface area contributed by atoms with Crippen LogP contribution in [0.2, 0.25) is 0 Å². The number of carboxylic acid groups (broad SMARTS) is 1. The highest BCUT2D eigenvalue weighted by Gasteiger charge is 2.36. The first-order valence-corrected chi connectivity index (χ1v) is 10.6. The van der Waals surface area contributed by atoms with E-state index in [4.69, 9.17) is 9.90 Å². The number of fused-ring (bicyclic) bond motifs is 1. The second kappa shape index (κ2) is 10.2. The Kier molecular flexibility index (Phi) is 7.55. The van der Waals surface area contributed by atoms with E-state index < -0.39 is 17.7 Å². The van der Waals surface area contributed by atoms with E-state index in [0.717, 1.165) is 48.9 Å². The van der Waals surface area contributed by atoms with Gasteiger partial charge in [0.05, 0.1) is 18.3 Å². The van der Waals surface area contributed by atoms with Crippen LogP contribution in [0.4, 0.5) is 17.6 Å². The molecular formula is C23H23F4N3O4. The number of hydrogen-bond donors (Lipinski definition) is 3. The van der Waals surface area contributed by atoms with Gasteiger partial charge in [0.2, 0.25) is 0 Å². The standard InChI is InChI=1S/C21H22FN3O2.C2HF3O2/c22-16-9-7-15(8-10-16)18-17-6-2-5-13-25(17)19(23-18)20(27)24-21(14-26)11-3-1-4-12-21;3-2(4,5)1(6)7/h2,5-10,13,26H,1,3-4,11-12,14H2,(H,24,27);(H,6,7). The van der Waals surface area contributed by atoms with E-state index in [2.05, 4.69) is 10.3 Å². The number of imidazole rings is 1. The number of nitrogens with zero attached hydrogens (tertiary/aromatic N) is 1. The number of benzene rings is 1. The summed E-state index contributed by atoms with van der Waals surface area (Å²) in [5.41, 5.74) is 1.82. The number of aromatic nitrogens is 2. The first kappa shape index (κ1) is 25.2. The maximum Gasteiger partial charge on any atom is 0.430 e. The molecule has 2 aromatic heterocycles. The zero-order chi connectivity index (χ0) is 24.9. The molecule has 1 aliphatic rings. The fourth-order valence-corrected chi connectivity index (χ4v) is 3.94. The fraction of sp³-hybridized carbons (Fsp3) is 0.348. The molecule has 0 saturated heterocycles. The molecule has 0 radical (unpaired) electrons. The number of aliphatic hydroxyl groups is 1. The second-order valence-corrected chi connectivity index (χ2v) is 8.05. The molecule has 182 valence electrons. The lowest BCUT2D eigenvalue weighted by Crippen LogP contribution is -2.54. The molecule has 1 fully saturated rings. The van der Waals surface area contributed by atoms with Crippen LogP contribution in [-0.2, 0) is 4.79 Å². The molecule has 3 N–H and O–H groups in total. The summed E-state index contributed by atoms with van der Waals surface area (Å²) in [4.78, 5) is 25.0. The number of carboxylic acids is 1. The van der Waals surface area contributed by atoms with E-state index in [1.54, 1.807) is 16.5 Å². The summed E-state index contributed by atoms with van der Waals surface area (Å²) in [7, 11) is 0. The van der Waals surface area contributed by atoms with Crippen LogP contribution in [0.15, 0.2) is 48.7 Å². The van der Waals surface area contributed by atoms with E-state index in [1.807, 2.05) is 24.4 Å². The zero-order valence-electron chi connectivity index (χ0n) is 18.0. The molecular weight excluding hydrogens is 458 g/mol. The Bertz CT molecular complexity index is 1150. The molecule has 1 saturated carbocycles. The van der Waals surface area contributed by atoms with Crippen LogP contribution in [0.5, 0.6) is 0 Å². The summed E-state index contributed by atoms with van der Waals surface area (Å²) in [6, 6.07) is 11.8. The van der Waals surface area contributed by atoms with Crippen LogP contribution in [0.25, 0.3) is 16.8 Å². The number of nitrogens with one attached hydrogen (secondary N) is 2. The highest BCUT2D eigenvalue weighted by molar-refractivity contribution is 5.92. The lowest BCUT2D eigenvalue weighted by atomic mass is 9.82. The Morgan fingerprint density at radius 3 is 2.26 bits per heavy atom.